The van der Waals surface area contributed by atoms with Crippen molar-refractivity contribution in [3.63, 3.8) is 0 Å². The number of carbonyl (C=O) groups excluding carboxylic acids is 1. The fourth-order valence-corrected chi connectivity index (χ4v) is 5.08. The summed E-state index contributed by atoms with van der Waals surface area (Å²) >= 11 is 3.20. The Morgan fingerprint density at radius 1 is 1.21 bits per heavy atom. The molecule has 0 aliphatic carbocycles. The molecule has 2 aromatic heterocycles. The van der Waals surface area contributed by atoms with Crippen molar-refractivity contribution in [3.8, 4) is 0 Å². The third-order valence-corrected chi connectivity index (χ3v) is 6.62. The fourth-order valence-electron chi connectivity index (χ4n) is 3.25. The molecule has 1 fully saturated rings. The third-order valence-electron chi connectivity index (χ3n) is 4.65. The summed E-state index contributed by atoms with van der Waals surface area (Å²) in [6.45, 7) is 2.11. The average Bonchev–Trinajstić information content (AvgIpc) is 3.33. The van der Waals surface area contributed by atoms with Gasteiger partial charge in [-0.15, -0.1) is 35.1 Å². The van der Waals surface area contributed by atoms with Crippen LogP contribution in [0.5, 0.6) is 0 Å². The maximum absolute atomic E-state index is 12.3. The van der Waals surface area contributed by atoms with Gasteiger partial charge in [0.1, 0.15) is 0 Å². The SMILES string of the molecule is Cl.O=C(Cc1csc(Cc2ccccc2)n1)Nc1ncc(C2CCNCC2)s1. The van der Waals surface area contributed by atoms with Gasteiger partial charge in [0, 0.05) is 22.9 Å². The highest BCUT2D eigenvalue weighted by atomic mass is 35.5. The number of aromatic nitrogens is 2. The smallest absolute Gasteiger partial charge is 0.232 e. The summed E-state index contributed by atoms with van der Waals surface area (Å²) in [5.74, 6) is 0.506. The Morgan fingerprint density at radius 2 is 2.00 bits per heavy atom. The lowest BCUT2D eigenvalue weighted by atomic mass is 9.97. The summed E-state index contributed by atoms with van der Waals surface area (Å²) in [7, 11) is 0. The quantitative estimate of drug-likeness (QED) is 0.608. The first kappa shape index (κ1) is 20.9. The predicted molar refractivity (Wildman–Crippen MR) is 118 cm³/mol. The molecule has 0 radical (unpaired) electrons. The molecule has 148 valence electrons. The van der Waals surface area contributed by atoms with Crippen LogP contribution in [-0.2, 0) is 17.6 Å². The normalized spacial score (nSPS) is 14.4. The molecule has 3 heterocycles. The van der Waals surface area contributed by atoms with E-state index in [1.165, 1.54) is 10.4 Å². The highest BCUT2D eigenvalue weighted by Gasteiger charge is 2.18. The zero-order chi connectivity index (χ0) is 18.5. The minimum Gasteiger partial charge on any atom is -0.317 e. The third kappa shape index (κ3) is 5.61. The van der Waals surface area contributed by atoms with Crippen molar-refractivity contribution in [2.24, 2.45) is 0 Å². The fraction of sp³-hybridized carbons (Fsp3) is 0.350. The van der Waals surface area contributed by atoms with Crippen LogP contribution in [0, 0.1) is 0 Å². The maximum atomic E-state index is 12.3. The molecule has 1 aromatic carbocycles. The van der Waals surface area contributed by atoms with Crippen LogP contribution in [0.3, 0.4) is 0 Å². The van der Waals surface area contributed by atoms with Gasteiger partial charge in [-0.1, -0.05) is 30.3 Å². The second kappa shape index (κ2) is 10.1. The molecule has 0 saturated carbocycles. The van der Waals surface area contributed by atoms with Gasteiger partial charge in [-0.25, -0.2) is 9.97 Å². The molecule has 8 heteroatoms. The molecule has 1 amide bonds. The first-order valence-corrected chi connectivity index (χ1v) is 10.9. The van der Waals surface area contributed by atoms with E-state index in [1.54, 1.807) is 22.7 Å². The number of piperidine rings is 1. The minimum atomic E-state index is -0.0576. The van der Waals surface area contributed by atoms with E-state index in [1.807, 2.05) is 29.8 Å². The molecule has 1 aliphatic rings. The molecule has 0 spiro atoms. The Kier molecular flexibility index (Phi) is 7.56. The minimum absolute atomic E-state index is 0. The Balaban J connectivity index is 0.00000225. The van der Waals surface area contributed by atoms with Crippen molar-refractivity contribution in [2.45, 2.75) is 31.6 Å². The molecule has 0 unspecified atom stereocenters. The predicted octanol–water partition coefficient (Wildman–Crippen LogP) is 4.26. The molecule has 2 N–H and O–H groups in total. The van der Waals surface area contributed by atoms with Crippen LogP contribution in [-0.4, -0.2) is 29.0 Å². The van der Waals surface area contributed by atoms with Crippen molar-refractivity contribution < 1.29 is 4.79 Å². The van der Waals surface area contributed by atoms with Crippen LogP contribution in [0.2, 0.25) is 0 Å². The van der Waals surface area contributed by atoms with Gasteiger partial charge in [0.15, 0.2) is 5.13 Å². The lowest BCUT2D eigenvalue weighted by Gasteiger charge is -2.20. The number of carbonyl (C=O) groups is 1. The molecule has 1 saturated heterocycles. The van der Waals surface area contributed by atoms with E-state index < -0.39 is 0 Å². The van der Waals surface area contributed by atoms with Gasteiger partial charge in [0.05, 0.1) is 17.1 Å². The average molecular weight is 435 g/mol. The molecule has 4 rings (SSSR count). The van der Waals surface area contributed by atoms with E-state index >= 15 is 0 Å². The first-order chi connectivity index (χ1) is 13.3. The second-order valence-electron chi connectivity index (χ2n) is 6.71. The number of benzene rings is 1. The van der Waals surface area contributed by atoms with Crippen LogP contribution in [0.1, 0.15) is 39.9 Å². The zero-order valence-electron chi connectivity index (χ0n) is 15.4. The number of rotatable bonds is 6. The van der Waals surface area contributed by atoms with Gasteiger partial charge >= 0.3 is 0 Å². The highest BCUT2D eigenvalue weighted by Crippen LogP contribution is 2.31. The first-order valence-electron chi connectivity index (χ1n) is 9.20. The lowest BCUT2D eigenvalue weighted by molar-refractivity contribution is -0.115. The summed E-state index contributed by atoms with van der Waals surface area (Å²) in [5, 5.41) is 10.00. The number of nitrogens with one attached hydrogen (secondary N) is 2. The van der Waals surface area contributed by atoms with Crippen LogP contribution < -0.4 is 10.6 Å². The number of hydrogen-bond donors (Lipinski definition) is 2. The number of thiazole rings is 2. The monoisotopic (exact) mass is 434 g/mol. The van der Waals surface area contributed by atoms with Crippen molar-refractivity contribution in [1.29, 1.82) is 0 Å². The van der Waals surface area contributed by atoms with Gasteiger partial charge in [-0.2, -0.15) is 0 Å². The van der Waals surface area contributed by atoms with Crippen molar-refractivity contribution in [3.05, 3.63) is 63.1 Å². The van der Waals surface area contributed by atoms with Crippen molar-refractivity contribution in [1.82, 2.24) is 15.3 Å². The number of amides is 1. The van der Waals surface area contributed by atoms with E-state index in [0.717, 1.165) is 43.1 Å². The molecule has 5 nitrogen and oxygen atoms in total. The van der Waals surface area contributed by atoms with E-state index in [9.17, 15) is 4.79 Å². The van der Waals surface area contributed by atoms with Crippen LogP contribution >= 0.6 is 35.1 Å². The van der Waals surface area contributed by atoms with Gasteiger partial charge < -0.3 is 10.6 Å². The van der Waals surface area contributed by atoms with Gasteiger partial charge in [-0.05, 0) is 37.4 Å². The number of anilines is 1. The number of hydrogen-bond acceptors (Lipinski definition) is 6. The standard InChI is InChI=1S/C20H22N4OS2.ClH/c25-18(24-20-22-12-17(27-20)15-6-8-21-9-7-15)11-16-13-26-19(23-16)10-14-4-2-1-3-5-14;/h1-5,12-13,15,21H,6-11H2,(H,22,24,25);1H. The summed E-state index contributed by atoms with van der Waals surface area (Å²) < 4.78 is 0. The Morgan fingerprint density at radius 3 is 2.79 bits per heavy atom. The Labute approximate surface area is 179 Å². The molecule has 0 bridgehead atoms. The summed E-state index contributed by atoms with van der Waals surface area (Å²) in [6, 6.07) is 10.3. The molecular weight excluding hydrogens is 412 g/mol. The largest absolute Gasteiger partial charge is 0.317 e. The molecule has 3 aromatic rings. The molecule has 1 aliphatic heterocycles. The molecular formula is C20H23ClN4OS2. The van der Waals surface area contributed by atoms with Crippen molar-refractivity contribution >= 4 is 46.1 Å². The van der Waals surface area contributed by atoms with Crippen LogP contribution in [0.25, 0.3) is 0 Å². The lowest BCUT2D eigenvalue weighted by Crippen LogP contribution is -2.26. The summed E-state index contributed by atoms with van der Waals surface area (Å²) in [4.78, 5) is 22.6. The molecule has 28 heavy (non-hydrogen) atoms. The number of nitrogens with zero attached hydrogens (tertiary/aromatic N) is 2. The van der Waals surface area contributed by atoms with Gasteiger partial charge in [0.2, 0.25) is 5.91 Å². The highest BCUT2D eigenvalue weighted by molar-refractivity contribution is 7.15. The van der Waals surface area contributed by atoms with Gasteiger partial charge in [-0.3, -0.25) is 4.79 Å². The van der Waals surface area contributed by atoms with Gasteiger partial charge in [0.25, 0.3) is 0 Å². The second-order valence-corrected chi connectivity index (χ2v) is 8.72. The topological polar surface area (TPSA) is 66.9 Å². The van der Waals surface area contributed by atoms with E-state index in [-0.39, 0.29) is 24.7 Å². The van der Waals surface area contributed by atoms with E-state index in [2.05, 4.69) is 32.7 Å². The molecule has 0 atom stereocenters. The van der Waals surface area contributed by atoms with Crippen molar-refractivity contribution in [2.75, 3.05) is 18.4 Å². The maximum Gasteiger partial charge on any atom is 0.232 e. The zero-order valence-corrected chi connectivity index (χ0v) is 17.8. The Bertz CT molecular complexity index is 891. The summed E-state index contributed by atoms with van der Waals surface area (Å²) in [5.41, 5.74) is 2.05. The van der Waals surface area contributed by atoms with Crippen LogP contribution in [0.15, 0.2) is 41.9 Å². The van der Waals surface area contributed by atoms with E-state index in [0.29, 0.717) is 11.0 Å². The van der Waals surface area contributed by atoms with Crippen LogP contribution in [0.4, 0.5) is 5.13 Å². The number of halogens is 1. The van der Waals surface area contributed by atoms with E-state index in [4.69, 9.17) is 0 Å². The Hall–Kier alpha value is -1.80. The summed E-state index contributed by atoms with van der Waals surface area (Å²) in [6.07, 6.45) is 5.28.